The van der Waals surface area contributed by atoms with E-state index in [9.17, 15) is 0 Å². The summed E-state index contributed by atoms with van der Waals surface area (Å²) >= 11 is 0. The van der Waals surface area contributed by atoms with Gasteiger partial charge in [0.05, 0.1) is 14.2 Å². The minimum absolute atomic E-state index is 0.245. The van der Waals surface area contributed by atoms with Gasteiger partial charge in [0.15, 0.2) is 0 Å². The van der Waals surface area contributed by atoms with E-state index in [0.29, 0.717) is 5.92 Å². The van der Waals surface area contributed by atoms with Crippen molar-refractivity contribution in [1.29, 1.82) is 0 Å². The minimum atomic E-state index is 0.245. The highest BCUT2D eigenvalue weighted by Crippen LogP contribution is 2.31. The summed E-state index contributed by atoms with van der Waals surface area (Å²) in [6.07, 6.45) is 6.10. The molecule has 2 N–H and O–H groups in total. The lowest BCUT2D eigenvalue weighted by Gasteiger charge is -2.20. The van der Waals surface area contributed by atoms with Crippen LogP contribution in [-0.2, 0) is 6.42 Å². The fourth-order valence-corrected chi connectivity index (χ4v) is 2.83. The summed E-state index contributed by atoms with van der Waals surface area (Å²) in [5, 5.41) is 0. The molecular weight excluding hydrogens is 226 g/mol. The van der Waals surface area contributed by atoms with Crippen LogP contribution >= 0.6 is 0 Å². The highest BCUT2D eigenvalue weighted by molar-refractivity contribution is 5.41. The van der Waals surface area contributed by atoms with Crippen LogP contribution in [0.2, 0.25) is 0 Å². The number of methoxy groups -OCH3 is 2. The zero-order valence-electron chi connectivity index (χ0n) is 11.3. The first kappa shape index (κ1) is 13.2. The van der Waals surface area contributed by atoms with Crippen LogP contribution in [0.15, 0.2) is 18.2 Å². The highest BCUT2D eigenvalue weighted by atomic mass is 16.5. The van der Waals surface area contributed by atoms with Crippen LogP contribution in [0.25, 0.3) is 0 Å². The summed E-state index contributed by atoms with van der Waals surface area (Å²) in [5.74, 6) is 2.38. The van der Waals surface area contributed by atoms with Crippen LogP contribution in [0.4, 0.5) is 0 Å². The van der Waals surface area contributed by atoms with E-state index in [1.807, 2.05) is 12.1 Å². The molecule has 0 aromatic heterocycles. The minimum Gasteiger partial charge on any atom is -0.497 e. The van der Waals surface area contributed by atoms with Gasteiger partial charge in [0, 0.05) is 12.1 Å². The highest BCUT2D eigenvalue weighted by Gasteiger charge is 2.23. The lowest BCUT2D eigenvalue weighted by Crippen LogP contribution is -2.30. The van der Waals surface area contributed by atoms with Crippen molar-refractivity contribution in [2.75, 3.05) is 14.2 Å². The zero-order valence-corrected chi connectivity index (χ0v) is 11.3. The Balaban J connectivity index is 2.07. The Kier molecular flexibility index (Phi) is 4.48. The standard InChI is InChI=1S/C15H23NO2/c1-17-13-8-7-12(15(10-13)18-2)9-14(16)11-5-3-4-6-11/h7-8,10-11,14H,3-6,9,16H2,1-2H3. The van der Waals surface area contributed by atoms with Crippen molar-refractivity contribution in [3.05, 3.63) is 23.8 Å². The Morgan fingerprint density at radius 2 is 1.94 bits per heavy atom. The molecule has 100 valence electrons. The van der Waals surface area contributed by atoms with Crippen molar-refractivity contribution in [2.24, 2.45) is 11.7 Å². The van der Waals surface area contributed by atoms with Crippen molar-refractivity contribution >= 4 is 0 Å². The third-order valence-corrected chi connectivity index (χ3v) is 3.96. The van der Waals surface area contributed by atoms with Gasteiger partial charge in [-0.05, 0) is 36.8 Å². The molecule has 0 amide bonds. The largest absolute Gasteiger partial charge is 0.497 e. The van der Waals surface area contributed by atoms with Crippen molar-refractivity contribution < 1.29 is 9.47 Å². The maximum absolute atomic E-state index is 6.32. The number of nitrogens with two attached hydrogens (primary N) is 1. The summed E-state index contributed by atoms with van der Waals surface area (Å²) in [6.45, 7) is 0. The van der Waals surface area contributed by atoms with E-state index in [1.54, 1.807) is 14.2 Å². The molecule has 3 nitrogen and oxygen atoms in total. The molecule has 1 aromatic carbocycles. The van der Waals surface area contributed by atoms with Gasteiger partial charge in [-0.3, -0.25) is 0 Å². The average Bonchev–Trinajstić information content (AvgIpc) is 2.93. The zero-order chi connectivity index (χ0) is 13.0. The van der Waals surface area contributed by atoms with E-state index in [2.05, 4.69) is 6.07 Å². The predicted octanol–water partition coefficient (Wildman–Crippen LogP) is 2.76. The van der Waals surface area contributed by atoms with E-state index < -0.39 is 0 Å². The van der Waals surface area contributed by atoms with Crippen molar-refractivity contribution in [3.8, 4) is 11.5 Å². The topological polar surface area (TPSA) is 44.5 Å². The Labute approximate surface area is 109 Å². The summed E-state index contributed by atoms with van der Waals surface area (Å²) < 4.78 is 10.6. The van der Waals surface area contributed by atoms with Gasteiger partial charge in [0.2, 0.25) is 0 Å². The normalized spacial score (nSPS) is 17.7. The number of ether oxygens (including phenoxy) is 2. The number of hydrogen-bond acceptors (Lipinski definition) is 3. The molecule has 0 spiro atoms. The molecule has 1 aromatic rings. The Bertz CT molecular complexity index is 386. The first-order valence-corrected chi connectivity index (χ1v) is 6.71. The molecule has 1 aliphatic rings. The summed E-state index contributed by atoms with van der Waals surface area (Å²) in [7, 11) is 3.36. The van der Waals surface area contributed by atoms with E-state index >= 15 is 0 Å². The number of benzene rings is 1. The van der Waals surface area contributed by atoms with Gasteiger partial charge in [-0.1, -0.05) is 18.9 Å². The summed E-state index contributed by atoms with van der Waals surface area (Å²) in [6, 6.07) is 6.21. The van der Waals surface area contributed by atoms with E-state index in [4.69, 9.17) is 15.2 Å². The molecule has 1 saturated carbocycles. The fourth-order valence-electron chi connectivity index (χ4n) is 2.83. The van der Waals surface area contributed by atoms with E-state index in [0.717, 1.165) is 17.9 Å². The van der Waals surface area contributed by atoms with Crippen molar-refractivity contribution in [2.45, 2.75) is 38.1 Å². The smallest absolute Gasteiger partial charge is 0.125 e. The number of hydrogen-bond donors (Lipinski definition) is 1. The maximum atomic E-state index is 6.32. The SMILES string of the molecule is COc1ccc(CC(N)C2CCCC2)c(OC)c1. The first-order chi connectivity index (χ1) is 8.74. The van der Waals surface area contributed by atoms with Gasteiger partial charge in [-0.15, -0.1) is 0 Å². The molecule has 0 aliphatic heterocycles. The van der Waals surface area contributed by atoms with Gasteiger partial charge in [0.1, 0.15) is 11.5 Å². The third-order valence-electron chi connectivity index (χ3n) is 3.96. The molecule has 18 heavy (non-hydrogen) atoms. The average molecular weight is 249 g/mol. The first-order valence-electron chi connectivity index (χ1n) is 6.71. The van der Waals surface area contributed by atoms with Gasteiger partial charge in [0.25, 0.3) is 0 Å². The maximum Gasteiger partial charge on any atom is 0.125 e. The summed E-state index contributed by atoms with van der Waals surface area (Å²) in [4.78, 5) is 0. The van der Waals surface area contributed by atoms with Crippen LogP contribution in [0.3, 0.4) is 0 Å². The Hall–Kier alpha value is -1.22. The molecule has 1 fully saturated rings. The van der Waals surface area contributed by atoms with Gasteiger partial charge in [-0.2, -0.15) is 0 Å². The predicted molar refractivity (Wildman–Crippen MR) is 73.2 cm³/mol. The molecule has 0 radical (unpaired) electrons. The van der Waals surface area contributed by atoms with Crippen LogP contribution in [0, 0.1) is 5.92 Å². The number of rotatable bonds is 5. The second-order valence-electron chi connectivity index (χ2n) is 5.09. The van der Waals surface area contributed by atoms with Crippen molar-refractivity contribution in [1.82, 2.24) is 0 Å². The van der Waals surface area contributed by atoms with Crippen LogP contribution in [0.1, 0.15) is 31.2 Å². The summed E-state index contributed by atoms with van der Waals surface area (Å²) in [5.41, 5.74) is 7.50. The second kappa shape index (κ2) is 6.10. The molecule has 0 saturated heterocycles. The van der Waals surface area contributed by atoms with E-state index in [1.165, 1.54) is 31.2 Å². The molecule has 3 heteroatoms. The Morgan fingerprint density at radius 3 is 2.56 bits per heavy atom. The van der Waals surface area contributed by atoms with Crippen molar-refractivity contribution in [3.63, 3.8) is 0 Å². The Morgan fingerprint density at radius 1 is 1.22 bits per heavy atom. The molecule has 1 atom stereocenters. The monoisotopic (exact) mass is 249 g/mol. The molecule has 0 heterocycles. The lowest BCUT2D eigenvalue weighted by atomic mass is 9.92. The molecule has 1 unspecified atom stereocenters. The fraction of sp³-hybridized carbons (Fsp3) is 0.600. The molecule has 2 rings (SSSR count). The lowest BCUT2D eigenvalue weighted by molar-refractivity contribution is 0.383. The molecule has 1 aliphatic carbocycles. The molecular formula is C15H23NO2. The van der Waals surface area contributed by atoms with Gasteiger partial charge >= 0.3 is 0 Å². The van der Waals surface area contributed by atoms with Crippen LogP contribution in [-0.4, -0.2) is 20.3 Å². The second-order valence-corrected chi connectivity index (χ2v) is 5.09. The molecule has 0 bridgehead atoms. The third kappa shape index (κ3) is 2.96. The van der Waals surface area contributed by atoms with E-state index in [-0.39, 0.29) is 6.04 Å². The quantitative estimate of drug-likeness (QED) is 0.872. The van der Waals surface area contributed by atoms with Crippen LogP contribution < -0.4 is 15.2 Å². The van der Waals surface area contributed by atoms with Gasteiger partial charge < -0.3 is 15.2 Å². The van der Waals surface area contributed by atoms with Gasteiger partial charge in [-0.25, -0.2) is 0 Å². The van der Waals surface area contributed by atoms with Crippen LogP contribution in [0.5, 0.6) is 11.5 Å².